The number of aromatic hydroxyl groups is 1. The van der Waals surface area contributed by atoms with Gasteiger partial charge in [0.25, 0.3) is 11.4 Å². The van der Waals surface area contributed by atoms with E-state index in [1.807, 2.05) is 6.08 Å². The molecule has 52 heavy (non-hydrogen) atoms. The molecule has 0 saturated heterocycles. The van der Waals surface area contributed by atoms with E-state index >= 15 is 0 Å². The molecule has 0 spiro atoms. The average molecular weight is 711 g/mol. The van der Waals surface area contributed by atoms with E-state index in [1.165, 1.54) is 36.4 Å². The Morgan fingerprint density at radius 1 is 0.731 bits per heavy atom. The Bertz CT molecular complexity index is 1940. The predicted octanol–water partition coefficient (Wildman–Crippen LogP) is 11.4. The van der Waals surface area contributed by atoms with Crippen molar-refractivity contribution >= 4 is 45.5 Å². The van der Waals surface area contributed by atoms with Gasteiger partial charge in [-0.2, -0.15) is 5.10 Å². The van der Waals surface area contributed by atoms with Gasteiger partial charge in [-0.1, -0.05) is 112 Å². The minimum atomic E-state index is -0.735. The first-order valence-electron chi connectivity index (χ1n) is 17.3. The number of rotatable bonds is 11. The summed E-state index contributed by atoms with van der Waals surface area (Å²) < 4.78 is 0. The number of benzene rings is 3. The summed E-state index contributed by atoms with van der Waals surface area (Å²) in [6.07, 6.45) is 3.78. The van der Waals surface area contributed by atoms with Gasteiger partial charge in [-0.3, -0.25) is 30.4 Å². The number of azo groups is 1. The van der Waals surface area contributed by atoms with E-state index in [4.69, 9.17) is 0 Å². The average Bonchev–Trinajstić information content (AvgIpc) is 3.01. The van der Waals surface area contributed by atoms with Gasteiger partial charge in [0, 0.05) is 35.1 Å². The van der Waals surface area contributed by atoms with E-state index in [-0.39, 0.29) is 68.3 Å². The lowest BCUT2D eigenvalue weighted by atomic mass is 9.44. The van der Waals surface area contributed by atoms with E-state index in [1.54, 1.807) is 30.3 Å². The van der Waals surface area contributed by atoms with Gasteiger partial charge in [-0.15, -0.1) is 10.2 Å². The number of hydrazone groups is 1. The van der Waals surface area contributed by atoms with E-state index < -0.39 is 31.9 Å². The van der Waals surface area contributed by atoms with Gasteiger partial charge < -0.3 is 5.11 Å². The second-order valence-electron chi connectivity index (χ2n) is 17.3. The lowest BCUT2D eigenvalue weighted by Crippen LogP contribution is -2.54. The molecule has 4 rings (SSSR count). The van der Waals surface area contributed by atoms with Crippen LogP contribution in [0.1, 0.15) is 94.1 Å². The van der Waals surface area contributed by atoms with Crippen LogP contribution in [0, 0.1) is 47.3 Å². The summed E-state index contributed by atoms with van der Waals surface area (Å²) >= 11 is 0. The Hall–Kier alpha value is -5.26. The van der Waals surface area contributed by atoms with Crippen molar-refractivity contribution in [2.24, 2.45) is 42.4 Å². The van der Waals surface area contributed by atoms with Crippen LogP contribution in [-0.2, 0) is 4.79 Å². The Kier molecular flexibility index (Phi) is 10.9. The number of phenolic OH excluding ortho intramolecular Hbond substituents is 1. The van der Waals surface area contributed by atoms with Gasteiger partial charge in [-0.25, -0.2) is 0 Å². The second kappa shape index (κ2) is 14.4. The minimum absolute atomic E-state index is 0.00707. The highest BCUT2D eigenvalue weighted by molar-refractivity contribution is 6.57. The lowest BCUT2D eigenvalue weighted by Gasteiger charge is -2.59. The van der Waals surface area contributed by atoms with Crippen molar-refractivity contribution in [2.45, 2.75) is 88.5 Å². The summed E-state index contributed by atoms with van der Waals surface area (Å²) in [6.45, 7) is 21.9. The Morgan fingerprint density at radius 3 is 1.79 bits per heavy atom. The molecule has 3 aromatic carbocycles. The maximum Gasteiger partial charge on any atom is 0.296 e. The third-order valence-corrected chi connectivity index (χ3v) is 9.76. The molecule has 1 aliphatic carbocycles. The minimum Gasteiger partial charge on any atom is -0.505 e. The van der Waals surface area contributed by atoms with Gasteiger partial charge in [0.1, 0.15) is 17.1 Å². The number of para-hydroxylation sites is 4. The molecule has 0 atom stereocenters. The molecule has 0 amide bonds. The van der Waals surface area contributed by atoms with E-state index in [9.17, 15) is 30.1 Å². The summed E-state index contributed by atoms with van der Waals surface area (Å²) in [5.74, 6) is -0.781. The summed E-state index contributed by atoms with van der Waals surface area (Å²) in [4.78, 5) is 37.0. The van der Waals surface area contributed by atoms with Crippen molar-refractivity contribution < 1.29 is 19.7 Å². The first kappa shape index (κ1) is 39.5. The van der Waals surface area contributed by atoms with Crippen LogP contribution in [0.25, 0.3) is 5.57 Å². The highest BCUT2D eigenvalue weighted by Gasteiger charge is 2.58. The summed E-state index contributed by atoms with van der Waals surface area (Å²) in [5.41, 5.74) is 1.27. The number of allylic oxidation sites excluding steroid dienone is 2. The maximum atomic E-state index is 14.6. The third kappa shape index (κ3) is 8.43. The molecule has 0 bridgehead atoms. The highest BCUT2D eigenvalue weighted by Crippen LogP contribution is 2.64. The molecule has 0 aromatic heterocycles. The van der Waals surface area contributed by atoms with Crippen molar-refractivity contribution in [3.05, 3.63) is 98.6 Å². The molecular formula is C40H50N6O6. The number of hydrogen-bond donors (Lipinski definition) is 2. The SMILES string of the molecule is CC(C)(C)CC(C)(C)C1(C(C)(C)CC(C)(C)C)C=C(c2cccc(N=Nc3ccccc3[N+](=O)[O-])c2O)C(=O)C(=NNc2ccccc2[N+](=O)[O-])C1. The monoisotopic (exact) mass is 710 g/mol. The number of ketones is 1. The first-order valence-corrected chi connectivity index (χ1v) is 17.3. The summed E-state index contributed by atoms with van der Waals surface area (Å²) in [5, 5.41) is 48.0. The van der Waals surface area contributed by atoms with Crippen LogP contribution in [0.2, 0.25) is 0 Å². The molecule has 0 saturated carbocycles. The van der Waals surface area contributed by atoms with Crippen molar-refractivity contribution in [2.75, 3.05) is 5.43 Å². The van der Waals surface area contributed by atoms with Crippen molar-refractivity contribution in [1.29, 1.82) is 0 Å². The number of Topliss-reactive ketones (excluding diaryl/α,β-unsaturated/α-hetero) is 1. The molecule has 12 nitrogen and oxygen atoms in total. The summed E-state index contributed by atoms with van der Waals surface area (Å²) in [7, 11) is 0. The highest BCUT2D eigenvalue weighted by atomic mass is 16.6. The normalized spacial score (nSPS) is 16.2. The molecule has 0 aliphatic heterocycles. The number of anilines is 1. The standard InChI is InChI=1S/C40H50N6O6/c1-36(2,3)24-38(7,8)40(39(9,10)25-37(4,5)6)22-27(35(48)31(23-40)44-42-29-18-12-14-21-33(29)46(51)52)26-16-15-19-30(34(26)47)43-41-28-17-11-13-20-32(28)45(49)50/h11-22,42,47H,23-25H2,1-10H3. The second-order valence-corrected chi connectivity index (χ2v) is 17.3. The zero-order valence-electron chi connectivity index (χ0n) is 31.8. The Balaban J connectivity index is 2.01. The summed E-state index contributed by atoms with van der Waals surface area (Å²) in [6, 6.07) is 16.8. The zero-order valence-corrected chi connectivity index (χ0v) is 31.8. The topological polar surface area (TPSA) is 173 Å². The Labute approximate surface area is 305 Å². The molecule has 0 fully saturated rings. The fourth-order valence-electron chi connectivity index (χ4n) is 8.40. The van der Waals surface area contributed by atoms with Gasteiger partial charge in [0.05, 0.1) is 9.85 Å². The first-order chi connectivity index (χ1) is 24.0. The van der Waals surface area contributed by atoms with E-state index in [2.05, 4.69) is 90.0 Å². The number of carbonyl (C=O) groups excluding carboxylic acids is 1. The van der Waals surface area contributed by atoms with Gasteiger partial charge in [0.2, 0.25) is 5.78 Å². The van der Waals surface area contributed by atoms with Gasteiger partial charge in [0.15, 0.2) is 11.4 Å². The van der Waals surface area contributed by atoms with Crippen molar-refractivity contribution in [3.8, 4) is 5.75 Å². The number of hydrogen-bond acceptors (Lipinski definition) is 10. The number of phenols is 1. The number of nitrogens with one attached hydrogen (secondary N) is 1. The molecule has 2 N–H and O–H groups in total. The van der Waals surface area contributed by atoms with Crippen molar-refractivity contribution in [1.82, 2.24) is 0 Å². The quantitative estimate of drug-likeness (QED) is 0.113. The molecule has 0 heterocycles. The van der Waals surface area contributed by atoms with E-state index in [0.717, 1.165) is 12.8 Å². The zero-order chi connectivity index (χ0) is 38.9. The fourth-order valence-corrected chi connectivity index (χ4v) is 8.40. The third-order valence-electron chi connectivity index (χ3n) is 9.76. The smallest absolute Gasteiger partial charge is 0.296 e. The van der Waals surface area contributed by atoms with Crippen LogP contribution in [0.15, 0.2) is 88.1 Å². The molecular weight excluding hydrogens is 660 g/mol. The van der Waals surface area contributed by atoms with Crippen LogP contribution in [0.5, 0.6) is 5.75 Å². The number of carbonyl (C=O) groups is 1. The van der Waals surface area contributed by atoms with Gasteiger partial charge in [-0.05, 0) is 52.7 Å². The molecule has 3 aromatic rings. The van der Waals surface area contributed by atoms with Crippen LogP contribution in [-0.4, -0.2) is 26.4 Å². The number of nitro groups is 2. The van der Waals surface area contributed by atoms with Crippen LogP contribution < -0.4 is 5.43 Å². The molecule has 0 radical (unpaired) electrons. The number of nitrogens with zero attached hydrogens (tertiary/aromatic N) is 5. The molecule has 276 valence electrons. The van der Waals surface area contributed by atoms with Crippen molar-refractivity contribution in [3.63, 3.8) is 0 Å². The number of nitro benzene ring substituents is 2. The predicted molar refractivity (Wildman–Crippen MR) is 205 cm³/mol. The van der Waals surface area contributed by atoms with Crippen LogP contribution in [0.4, 0.5) is 28.4 Å². The van der Waals surface area contributed by atoms with Gasteiger partial charge >= 0.3 is 0 Å². The van der Waals surface area contributed by atoms with Crippen LogP contribution in [0.3, 0.4) is 0 Å². The molecule has 0 unspecified atom stereocenters. The molecule has 12 heteroatoms. The Morgan fingerprint density at radius 2 is 1.23 bits per heavy atom. The molecule has 1 aliphatic rings. The maximum absolute atomic E-state index is 14.6. The largest absolute Gasteiger partial charge is 0.505 e. The lowest BCUT2D eigenvalue weighted by molar-refractivity contribution is -0.384. The van der Waals surface area contributed by atoms with E-state index in [0.29, 0.717) is 0 Å². The van der Waals surface area contributed by atoms with Crippen LogP contribution >= 0.6 is 0 Å². The fraction of sp³-hybridized carbons (Fsp3) is 0.450.